The molecule has 0 aliphatic rings. The monoisotopic (exact) mass is 650 g/mol. The number of anilines is 1. The average Bonchev–Trinajstić information content (AvgIpc) is 3.48. The van der Waals surface area contributed by atoms with Gasteiger partial charge in [0, 0.05) is 23.6 Å². The Bertz CT molecular complexity index is 1980. The van der Waals surface area contributed by atoms with E-state index in [1.807, 2.05) is 74.7 Å². The molecule has 0 aliphatic carbocycles. The van der Waals surface area contributed by atoms with Gasteiger partial charge in [-0.05, 0) is 55.0 Å². The van der Waals surface area contributed by atoms with Gasteiger partial charge in [-0.25, -0.2) is 9.48 Å². The zero-order chi connectivity index (χ0) is 33.7. The summed E-state index contributed by atoms with van der Waals surface area (Å²) < 4.78 is 9.22. The summed E-state index contributed by atoms with van der Waals surface area (Å²) in [5.74, 6) is 0.741. The van der Waals surface area contributed by atoms with Gasteiger partial charge in [0.05, 0.1) is 23.1 Å². The standard InChI is InChI=1S/C36H38N6O4S/c1-23-11-15-28(16-12-23)42-31(18-30(40-42)36(3,4)5)38-34(45)37-20-26-9-7-8-10-27(26)22-46-32-19-33(44)41(35(39-32)47-6)29-17-25(21-43)14-13-24(29)2/h7-19,21H,20,22H2,1-6H3,(H2,37,38,45). The van der Waals surface area contributed by atoms with Crippen molar-refractivity contribution in [3.8, 4) is 17.3 Å². The van der Waals surface area contributed by atoms with Gasteiger partial charge in [-0.1, -0.05) is 86.6 Å². The molecule has 2 heterocycles. The van der Waals surface area contributed by atoms with Crippen LogP contribution in [-0.4, -0.2) is 37.9 Å². The molecule has 0 bridgehead atoms. The third-order valence-electron chi connectivity index (χ3n) is 7.59. The summed E-state index contributed by atoms with van der Waals surface area (Å²) >= 11 is 1.30. The Morgan fingerprint density at radius 2 is 1.70 bits per heavy atom. The zero-order valence-electron chi connectivity index (χ0n) is 27.3. The van der Waals surface area contributed by atoms with Crippen molar-refractivity contribution in [1.29, 1.82) is 0 Å². The highest BCUT2D eigenvalue weighted by Gasteiger charge is 2.22. The Kier molecular flexibility index (Phi) is 9.95. The molecule has 0 saturated carbocycles. The molecule has 2 aromatic heterocycles. The number of aryl methyl sites for hydroxylation is 2. The number of ether oxygens (including phenoxy) is 1. The molecule has 47 heavy (non-hydrogen) atoms. The van der Waals surface area contributed by atoms with Crippen molar-refractivity contribution in [2.45, 2.75) is 58.3 Å². The summed E-state index contributed by atoms with van der Waals surface area (Å²) in [5, 5.41) is 11.1. The Balaban J connectivity index is 1.29. The number of thioether (sulfide) groups is 1. The molecule has 0 fully saturated rings. The molecule has 0 spiro atoms. The van der Waals surface area contributed by atoms with Crippen LogP contribution >= 0.6 is 11.8 Å². The van der Waals surface area contributed by atoms with E-state index in [1.165, 1.54) is 22.4 Å². The number of hydrogen-bond donors (Lipinski definition) is 2. The number of rotatable bonds is 10. The largest absolute Gasteiger partial charge is 0.473 e. The Labute approximate surface area is 278 Å². The van der Waals surface area contributed by atoms with E-state index in [0.717, 1.165) is 39.9 Å². The first-order valence-corrected chi connectivity index (χ1v) is 16.4. The molecule has 0 atom stereocenters. The summed E-state index contributed by atoms with van der Waals surface area (Å²) in [6, 6.07) is 23.6. The molecule has 0 aliphatic heterocycles. The molecule has 10 nitrogen and oxygen atoms in total. The van der Waals surface area contributed by atoms with Crippen molar-refractivity contribution < 1.29 is 14.3 Å². The lowest BCUT2D eigenvalue weighted by molar-refractivity contribution is 0.112. The van der Waals surface area contributed by atoms with Crippen LogP contribution in [0.1, 0.15) is 59.1 Å². The topological polar surface area (TPSA) is 120 Å². The molecule has 0 radical (unpaired) electrons. The quantitative estimate of drug-likeness (QED) is 0.0973. The minimum absolute atomic E-state index is 0.137. The Hall–Kier alpha value is -5.16. The number of aldehydes is 1. The molecule has 242 valence electrons. The summed E-state index contributed by atoms with van der Waals surface area (Å²) in [5.41, 5.74) is 5.88. The first-order chi connectivity index (χ1) is 22.5. The summed E-state index contributed by atoms with van der Waals surface area (Å²) in [4.78, 5) is 42.3. The van der Waals surface area contributed by atoms with Crippen molar-refractivity contribution in [3.05, 3.63) is 123 Å². The van der Waals surface area contributed by atoms with Crippen LogP contribution in [0.25, 0.3) is 11.4 Å². The highest BCUT2D eigenvalue weighted by Crippen LogP contribution is 2.27. The number of aromatic nitrogens is 4. The number of carbonyl (C=O) groups is 2. The molecule has 3 aromatic carbocycles. The van der Waals surface area contributed by atoms with Crippen molar-refractivity contribution in [1.82, 2.24) is 24.6 Å². The molecular weight excluding hydrogens is 613 g/mol. The van der Waals surface area contributed by atoms with Crippen LogP contribution < -0.4 is 20.9 Å². The third kappa shape index (κ3) is 7.81. The number of carbonyl (C=O) groups excluding carboxylic acids is 2. The van der Waals surface area contributed by atoms with E-state index in [9.17, 15) is 14.4 Å². The van der Waals surface area contributed by atoms with Crippen molar-refractivity contribution in [3.63, 3.8) is 0 Å². The van der Waals surface area contributed by atoms with Crippen molar-refractivity contribution in [2.75, 3.05) is 11.6 Å². The minimum Gasteiger partial charge on any atom is -0.473 e. The van der Waals surface area contributed by atoms with Gasteiger partial charge in [0.15, 0.2) is 5.16 Å². The maximum atomic E-state index is 13.2. The Morgan fingerprint density at radius 1 is 0.979 bits per heavy atom. The van der Waals surface area contributed by atoms with E-state index in [-0.39, 0.29) is 36.0 Å². The van der Waals surface area contributed by atoms with Gasteiger partial charge in [-0.3, -0.25) is 19.5 Å². The van der Waals surface area contributed by atoms with Gasteiger partial charge >= 0.3 is 6.03 Å². The number of urea groups is 1. The van der Waals surface area contributed by atoms with Crippen LogP contribution in [0.5, 0.6) is 5.88 Å². The van der Waals surface area contributed by atoms with Crippen molar-refractivity contribution >= 4 is 29.9 Å². The fourth-order valence-corrected chi connectivity index (χ4v) is 5.44. The van der Waals surface area contributed by atoms with Crippen LogP contribution in [0.2, 0.25) is 0 Å². The molecular formula is C36H38N6O4S. The molecule has 5 aromatic rings. The van der Waals surface area contributed by atoms with Crippen LogP contribution in [0.3, 0.4) is 0 Å². The first-order valence-electron chi connectivity index (χ1n) is 15.1. The van der Waals surface area contributed by atoms with Gasteiger partial charge in [-0.2, -0.15) is 10.1 Å². The number of benzene rings is 3. The first kappa shape index (κ1) is 33.2. The van der Waals surface area contributed by atoms with Crippen LogP contribution in [0.15, 0.2) is 88.8 Å². The number of hydrogen-bond acceptors (Lipinski definition) is 7. The SMILES string of the molecule is CSc1nc(OCc2ccccc2CNC(=O)Nc2cc(C(C)(C)C)nn2-c2ccc(C)cc2)cc(=O)n1-c1cc(C=O)ccc1C. The van der Waals surface area contributed by atoms with Gasteiger partial charge in [0.1, 0.15) is 18.7 Å². The molecule has 2 N–H and O–H groups in total. The number of amides is 2. The summed E-state index contributed by atoms with van der Waals surface area (Å²) in [6.07, 6.45) is 2.57. The van der Waals surface area contributed by atoms with Crippen LogP contribution in [0, 0.1) is 13.8 Å². The van der Waals surface area contributed by atoms with E-state index in [0.29, 0.717) is 22.2 Å². The van der Waals surface area contributed by atoms with E-state index < -0.39 is 0 Å². The second-order valence-corrected chi connectivity index (χ2v) is 13.0. The fourth-order valence-electron chi connectivity index (χ4n) is 4.89. The highest BCUT2D eigenvalue weighted by atomic mass is 32.2. The predicted molar refractivity (Wildman–Crippen MR) is 185 cm³/mol. The maximum Gasteiger partial charge on any atom is 0.320 e. The highest BCUT2D eigenvalue weighted by molar-refractivity contribution is 7.98. The molecule has 2 amide bonds. The molecule has 0 unspecified atom stereocenters. The number of nitrogens with one attached hydrogen (secondary N) is 2. The maximum absolute atomic E-state index is 13.2. The summed E-state index contributed by atoms with van der Waals surface area (Å²) in [7, 11) is 0. The van der Waals surface area contributed by atoms with E-state index >= 15 is 0 Å². The smallest absolute Gasteiger partial charge is 0.320 e. The lowest BCUT2D eigenvalue weighted by Crippen LogP contribution is -2.29. The van der Waals surface area contributed by atoms with E-state index in [2.05, 4.69) is 36.4 Å². The molecule has 5 rings (SSSR count). The van der Waals surface area contributed by atoms with Gasteiger partial charge in [-0.15, -0.1) is 0 Å². The van der Waals surface area contributed by atoms with Crippen LogP contribution in [-0.2, 0) is 18.6 Å². The molecule has 11 heteroatoms. The molecule has 0 saturated heterocycles. The third-order valence-corrected chi connectivity index (χ3v) is 8.23. The van der Waals surface area contributed by atoms with Crippen LogP contribution in [0.4, 0.5) is 10.6 Å². The number of nitrogens with zero attached hydrogens (tertiary/aromatic N) is 4. The Morgan fingerprint density at radius 3 is 2.38 bits per heavy atom. The van der Waals surface area contributed by atoms with Gasteiger partial charge in [0.2, 0.25) is 5.88 Å². The lowest BCUT2D eigenvalue weighted by atomic mass is 9.92. The van der Waals surface area contributed by atoms with Crippen molar-refractivity contribution in [2.24, 2.45) is 0 Å². The fraction of sp³-hybridized carbons (Fsp3) is 0.250. The average molecular weight is 651 g/mol. The zero-order valence-corrected chi connectivity index (χ0v) is 28.1. The van der Waals surface area contributed by atoms with E-state index in [1.54, 1.807) is 22.9 Å². The lowest BCUT2D eigenvalue weighted by Gasteiger charge is -2.16. The minimum atomic E-state index is -0.377. The second kappa shape index (κ2) is 14.1. The van der Waals surface area contributed by atoms with E-state index in [4.69, 9.17) is 9.84 Å². The van der Waals surface area contributed by atoms with Gasteiger partial charge < -0.3 is 10.1 Å². The predicted octanol–water partition coefficient (Wildman–Crippen LogP) is 6.77. The normalized spacial score (nSPS) is 11.3. The van der Waals surface area contributed by atoms with Gasteiger partial charge in [0.25, 0.3) is 5.56 Å². The summed E-state index contributed by atoms with van der Waals surface area (Å²) in [6.45, 7) is 10.5. The second-order valence-electron chi connectivity index (χ2n) is 12.2.